The maximum Gasteiger partial charge on any atom is 0.330 e. The summed E-state index contributed by atoms with van der Waals surface area (Å²) < 4.78 is 9.19. The van der Waals surface area contributed by atoms with Crippen LogP contribution >= 0.6 is 0 Å². The number of hydrogen-bond donors (Lipinski definition) is 0. The second-order valence-electron chi connectivity index (χ2n) is 1.51. The van der Waals surface area contributed by atoms with Crippen LogP contribution in [0.15, 0.2) is 37.8 Å². The van der Waals surface area contributed by atoms with Crippen LogP contribution in [0.4, 0.5) is 0 Å². The van der Waals surface area contributed by atoms with Crippen molar-refractivity contribution in [3.63, 3.8) is 0 Å². The van der Waals surface area contributed by atoms with Crippen LogP contribution < -0.4 is 0 Å². The largest absolute Gasteiger partial charge is 0.473 e. The highest BCUT2D eigenvalue weighted by Gasteiger charge is 1.89. The van der Waals surface area contributed by atoms with E-state index in [9.17, 15) is 4.79 Å². The normalized spacial score (nSPS) is 9.09. The molecule has 0 fully saturated rings. The van der Waals surface area contributed by atoms with E-state index in [0.29, 0.717) is 0 Å². The maximum absolute atomic E-state index is 10.4. The molecule has 0 N–H and O–H groups in total. The minimum absolute atomic E-state index is 0.179. The molecule has 0 atom stereocenters. The Balaban J connectivity index is 3.32. The van der Waals surface area contributed by atoms with Crippen LogP contribution in [-0.2, 0) is 14.3 Å². The molecule has 0 aromatic carbocycles. The lowest BCUT2D eigenvalue weighted by Gasteiger charge is -1.94. The summed E-state index contributed by atoms with van der Waals surface area (Å²) in [7, 11) is 0. The number of rotatable bonds is 5. The highest BCUT2D eigenvalue weighted by molar-refractivity contribution is 5.81. The van der Waals surface area contributed by atoms with Gasteiger partial charge in [0, 0.05) is 6.08 Å². The Kier molecular flexibility index (Phi) is 5.70. The summed E-state index contributed by atoms with van der Waals surface area (Å²) in [5, 5.41) is 0. The van der Waals surface area contributed by atoms with Crippen molar-refractivity contribution in [1.29, 1.82) is 0 Å². The van der Waals surface area contributed by atoms with Gasteiger partial charge in [-0.15, -0.1) is 0 Å². The molecule has 0 aliphatic carbocycles. The summed E-state index contributed by atoms with van der Waals surface area (Å²) in [4.78, 5) is 10.4. The summed E-state index contributed by atoms with van der Waals surface area (Å²) >= 11 is 0. The summed E-state index contributed by atoms with van der Waals surface area (Å²) in [6, 6.07) is 0. The number of carbonyl (C=O) groups excluding carboxylic acids is 1. The second-order valence-corrected chi connectivity index (χ2v) is 1.51. The van der Waals surface area contributed by atoms with E-state index in [1.54, 1.807) is 6.08 Å². The fraction of sp³-hybridized carbons (Fsp3) is 0.125. The van der Waals surface area contributed by atoms with Gasteiger partial charge in [0.1, 0.15) is 6.61 Å². The molecule has 0 bridgehead atoms. The SMILES string of the molecule is C=COC=CCOC(=O)C=C. The molecule has 0 aliphatic heterocycles. The standard InChI is InChI=1S/C8H10O3/c1-3-8(9)11-7-5-6-10-4-2/h3-6H,1-2,7H2. The predicted molar refractivity (Wildman–Crippen MR) is 41.6 cm³/mol. The van der Waals surface area contributed by atoms with Gasteiger partial charge in [-0.05, 0) is 6.08 Å². The summed E-state index contributed by atoms with van der Waals surface area (Å²) in [5.41, 5.74) is 0. The molecular formula is C8H10O3. The number of carbonyl (C=O) groups is 1. The van der Waals surface area contributed by atoms with E-state index in [4.69, 9.17) is 0 Å². The van der Waals surface area contributed by atoms with Crippen LogP contribution in [0.1, 0.15) is 0 Å². The van der Waals surface area contributed by atoms with Gasteiger partial charge in [0.25, 0.3) is 0 Å². The first kappa shape index (κ1) is 9.49. The molecule has 0 saturated carbocycles. The molecule has 0 heterocycles. The zero-order chi connectivity index (χ0) is 8.53. The predicted octanol–water partition coefficient (Wildman–Crippen LogP) is 1.39. The van der Waals surface area contributed by atoms with Gasteiger partial charge in [-0.25, -0.2) is 4.79 Å². The van der Waals surface area contributed by atoms with Crippen LogP contribution in [-0.4, -0.2) is 12.6 Å². The first-order chi connectivity index (χ1) is 5.31. The maximum atomic E-state index is 10.4. The Labute approximate surface area is 65.6 Å². The second kappa shape index (κ2) is 6.61. The highest BCUT2D eigenvalue weighted by Crippen LogP contribution is 1.82. The van der Waals surface area contributed by atoms with Crippen molar-refractivity contribution in [2.45, 2.75) is 0 Å². The van der Waals surface area contributed by atoms with E-state index in [0.717, 1.165) is 6.08 Å². The zero-order valence-electron chi connectivity index (χ0n) is 6.16. The molecule has 3 nitrogen and oxygen atoms in total. The van der Waals surface area contributed by atoms with Crippen molar-refractivity contribution in [3.8, 4) is 0 Å². The Morgan fingerprint density at radius 2 is 2.18 bits per heavy atom. The third-order valence-corrected chi connectivity index (χ3v) is 0.760. The Morgan fingerprint density at radius 3 is 2.73 bits per heavy atom. The van der Waals surface area contributed by atoms with E-state index >= 15 is 0 Å². The van der Waals surface area contributed by atoms with Crippen molar-refractivity contribution in [2.24, 2.45) is 0 Å². The van der Waals surface area contributed by atoms with Crippen molar-refractivity contribution >= 4 is 5.97 Å². The molecule has 0 rings (SSSR count). The van der Waals surface area contributed by atoms with Crippen LogP contribution in [0, 0.1) is 0 Å². The van der Waals surface area contributed by atoms with Gasteiger partial charge < -0.3 is 9.47 Å². The molecule has 60 valence electrons. The number of hydrogen-bond acceptors (Lipinski definition) is 3. The third-order valence-electron chi connectivity index (χ3n) is 0.760. The number of esters is 1. The molecule has 0 spiro atoms. The summed E-state index contributed by atoms with van der Waals surface area (Å²) in [5.74, 6) is -0.451. The topological polar surface area (TPSA) is 35.5 Å². The van der Waals surface area contributed by atoms with E-state index in [-0.39, 0.29) is 6.61 Å². The highest BCUT2D eigenvalue weighted by atomic mass is 16.5. The monoisotopic (exact) mass is 154 g/mol. The lowest BCUT2D eigenvalue weighted by atomic mass is 10.6. The molecule has 0 aromatic rings. The molecule has 0 unspecified atom stereocenters. The van der Waals surface area contributed by atoms with E-state index < -0.39 is 5.97 Å². The molecule has 0 aromatic heterocycles. The first-order valence-electron chi connectivity index (χ1n) is 3.02. The summed E-state index contributed by atoms with van der Waals surface area (Å²) in [6.45, 7) is 6.72. The molecule has 11 heavy (non-hydrogen) atoms. The summed E-state index contributed by atoms with van der Waals surface area (Å²) in [6.07, 6.45) is 5.29. The third kappa shape index (κ3) is 6.37. The average Bonchev–Trinajstić information content (AvgIpc) is 2.04. The Bertz CT molecular complexity index is 170. The van der Waals surface area contributed by atoms with Gasteiger partial charge in [-0.3, -0.25) is 0 Å². The van der Waals surface area contributed by atoms with Gasteiger partial charge in [0.2, 0.25) is 0 Å². The van der Waals surface area contributed by atoms with Crippen molar-refractivity contribution in [2.75, 3.05) is 6.61 Å². The molecule has 0 radical (unpaired) electrons. The Morgan fingerprint density at radius 1 is 1.45 bits per heavy atom. The van der Waals surface area contributed by atoms with Crippen molar-refractivity contribution < 1.29 is 14.3 Å². The van der Waals surface area contributed by atoms with Crippen LogP contribution in [0.2, 0.25) is 0 Å². The minimum atomic E-state index is -0.451. The Hall–Kier alpha value is -1.51. The number of ether oxygens (including phenoxy) is 2. The van der Waals surface area contributed by atoms with E-state index in [1.807, 2.05) is 0 Å². The van der Waals surface area contributed by atoms with Gasteiger partial charge in [0.15, 0.2) is 0 Å². The van der Waals surface area contributed by atoms with Crippen molar-refractivity contribution in [1.82, 2.24) is 0 Å². The lowest BCUT2D eigenvalue weighted by Crippen LogP contribution is -1.98. The quantitative estimate of drug-likeness (QED) is 0.341. The van der Waals surface area contributed by atoms with E-state index in [1.165, 1.54) is 12.5 Å². The average molecular weight is 154 g/mol. The van der Waals surface area contributed by atoms with Gasteiger partial charge in [0.05, 0.1) is 12.5 Å². The smallest absolute Gasteiger partial charge is 0.330 e. The molecule has 3 heteroatoms. The van der Waals surface area contributed by atoms with Gasteiger partial charge >= 0.3 is 5.97 Å². The minimum Gasteiger partial charge on any atom is -0.473 e. The zero-order valence-corrected chi connectivity index (χ0v) is 6.16. The first-order valence-corrected chi connectivity index (χ1v) is 3.02. The van der Waals surface area contributed by atoms with E-state index in [2.05, 4.69) is 22.6 Å². The molecule has 0 amide bonds. The fourth-order valence-electron chi connectivity index (χ4n) is 0.340. The molecular weight excluding hydrogens is 144 g/mol. The molecule has 0 aliphatic rings. The molecule has 0 saturated heterocycles. The fourth-order valence-corrected chi connectivity index (χ4v) is 0.340. The van der Waals surface area contributed by atoms with Crippen LogP contribution in [0.5, 0.6) is 0 Å². The van der Waals surface area contributed by atoms with Gasteiger partial charge in [-0.1, -0.05) is 13.2 Å². The van der Waals surface area contributed by atoms with Crippen LogP contribution in [0.25, 0.3) is 0 Å². The van der Waals surface area contributed by atoms with Crippen LogP contribution in [0.3, 0.4) is 0 Å². The van der Waals surface area contributed by atoms with Gasteiger partial charge in [-0.2, -0.15) is 0 Å². The van der Waals surface area contributed by atoms with Crippen molar-refractivity contribution in [3.05, 3.63) is 37.8 Å². The lowest BCUT2D eigenvalue weighted by molar-refractivity contribution is -0.136.